The Hall–Kier alpha value is -2.63. The summed E-state index contributed by atoms with van der Waals surface area (Å²) in [7, 11) is 1.46. The summed E-state index contributed by atoms with van der Waals surface area (Å²) in [6.07, 6.45) is 0. The van der Waals surface area contributed by atoms with Crippen LogP contribution < -0.4 is 15.8 Å². The summed E-state index contributed by atoms with van der Waals surface area (Å²) in [6, 6.07) is 8.70. The summed E-state index contributed by atoms with van der Waals surface area (Å²) < 4.78 is 18.5. The summed E-state index contributed by atoms with van der Waals surface area (Å²) in [5, 5.41) is 2.42. The van der Waals surface area contributed by atoms with Gasteiger partial charge in [0, 0.05) is 6.07 Å². The minimum absolute atomic E-state index is 0.0218. The van der Waals surface area contributed by atoms with Crippen LogP contribution >= 0.6 is 0 Å². The van der Waals surface area contributed by atoms with Crippen LogP contribution in [0.15, 0.2) is 36.4 Å². The number of amides is 1. The molecule has 6 heteroatoms. The topological polar surface area (TPSA) is 77.2 Å². The molecule has 1 amide bonds. The molecule has 0 atom stereocenters. The van der Waals surface area contributed by atoms with Gasteiger partial charge in [-0.25, -0.2) is 9.37 Å². The van der Waals surface area contributed by atoms with Gasteiger partial charge in [0.15, 0.2) is 0 Å². The highest BCUT2D eigenvalue weighted by Gasteiger charge is 2.11. The number of nitrogen functional groups attached to an aromatic ring is 1. The van der Waals surface area contributed by atoms with Crippen molar-refractivity contribution in [3.8, 4) is 5.75 Å². The third-order valence-electron chi connectivity index (χ3n) is 2.42. The standard InChI is InChI=1S/C13H12FN3O2/c1-19-8-5-6-9(14)11(7-8)17-13(18)10-3-2-4-12(15)16-10/h2-7H,1H3,(H2,15,16)(H,17,18). The van der Waals surface area contributed by atoms with Gasteiger partial charge in [-0.15, -0.1) is 0 Å². The summed E-state index contributed by atoms with van der Waals surface area (Å²) in [4.78, 5) is 15.7. The minimum Gasteiger partial charge on any atom is -0.497 e. The molecule has 0 saturated heterocycles. The number of rotatable bonds is 3. The molecular formula is C13H12FN3O2. The normalized spacial score (nSPS) is 10.0. The van der Waals surface area contributed by atoms with Gasteiger partial charge >= 0.3 is 0 Å². The van der Waals surface area contributed by atoms with E-state index in [4.69, 9.17) is 10.5 Å². The largest absolute Gasteiger partial charge is 0.497 e. The molecular weight excluding hydrogens is 249 g/mol. The van der Waals surface area contributed by atoms with E-state index >= 15 is 0 Å². The van der Waals surface area contributed by atoms with Gasteiger partial charge in [0.25, 0.3) is 5.91 Å². The van der Waals surface area contributed by atoms with Crippen LogP contribution in [0.2, 0.25) is 0 Å². The number of nitrogens with zero attached hydrogens (tertiary/aromatic N) is 1. The molecule has 0 fully saturated rings. The zero-order valence-electron chi connectivity index (χ0n) is 10.2. The van der Waals surface area contributed by atoms with E-state index < -0.39 is 11.7 Å². The van der Waals surface area contributed by atoms with E-state index in [9.17, 15) is 9.18 Å². The number of nitrogens with one attached hydrogen (secondary N) is 1. The molecule has 1 aromatic carbocycles. The van der Waals surface area contributed by atoms with Crippen molar-refractivity contribution in [2.45, 2.75) is 0 Å². The highest BCUT2D eigenvalue weighted by atomic mass is 19.1. The maximum absolute atomic E-state index is 13.5. The molecule has 2 aromatic rings. The highest BCUT2D eigenvalue weighted by molar-refractivity contribution is 6.03. The van der Waals surface area contributed by atoms with Crippen LogP contribution in [0.4, 0.5) is 15.9 Å². The van der Waals surface area contributed by atoms with Crippen molar-refractivity contribution < 1.29 is 13.9 Å². The average molecular weight is 261 g/mol. The van der Waals surface area contributed by atoms with Gasteiger partial charge < -0.3 is 15.8 Å². The number of ether oxygens (including phenoxy) is 1. The van der Waals surface area contributed by atoms with E-state index in [1.807, 2.05) is 0 Å². The van der Waals surface area contributed by atoms with Crippen LogP contribution in [0, 0.1) is 5.82 Å². The number of methoxy groups -OCH3 is 1. The quantitative estimate of drug-likeness (QED) is 0.886. The van der Waals surface area contributed by atoms with Crippen molar-refractivity contribution >= 4 is 17.4 Å². The molecule has 0 aliphatic heterocycles. The fourth-order valence-electron chi connectivity index (χ4n) is 1.49. The van der Waals surface area contributed by atoms with Gasteiger partial charge in [0.2, 0.25) is 0 Å². The van der Waals surface area contributed by atoms with Crippen LogP contribution in [0.1, 0.15) is 10.5 Å². The molecule has 0 unspecified atom stereocenters. The molecule has 0 radical (unpaired) electrons. The first-order valence-corrected chi connectivity index (χ1v) is 5.47. The summed E-state index contributed by atoms with van der Waals surface area (Å²) >= 11 is 0. The number of benzene rings is 1. The molecule has 1 heterocycles. The molecule has 1 aromatic heterocycles. The number of hydrogen-bond donors (Lipinski definition) is 2. The lowest BCUT2D eigenvalue weighted by molar-refractivity contribution is 0.102. The molecule has 19 heavy (non-hydrogen) atoms. The SMILES string of the molecule is COc1ccc(F)c(NC(=O)c2cccc(N)n2)c1. The van der Waals surface area contributed by atoms with Crippen LogP contribution in [0.5, 0.6) is 5.75 Å². The smallest absolute Gasteiger partial charge is 0.274 e. The number of carbonyl (C=O) groups is 1. The van der Waals surface area contributed by atoms with E-state index in [1.165, 1.54) is 31.4 Å². The Labute approximate surface area is 109 Å². The molecule has 0 spiro atoms. The van der Waals surface area contributed by atoms with Crippen molar-refractivity contribution in [2.75, 3.05) is 18.2 Å². The molecule has 0 saturated carbocycles. The van der Waals surface area contributed by atoms with Crippen LogP contribution in [-0.2, 0) is 0 Å². The van der Waals surface area contributed by atoms with Gasteiger partial charge in [0.05, 0.1) is 12.8 Å². The van der Waals surface area contributed by atoms with Gasteiger partial charge in [-0.2, -0.15) is 0 Å². The highest BCUT2D eigenvalue weighted by Crippen LogP contribution is 2.21. The van der Waals surface area contributed by atoms with Crippen molar-refractivity contribution in [1.82, 2.24) is 4.98 Å². The summed E-state index contributed by atoms with van der Waals surface area (Å²) in [5.41, 5.74) is 5.62. The van der Waals surface area contributed by atoms with E-state index in [-0.39, 0.29) is 17.2 Å². The monoisotopic (exact) mass is 261 g/mol. The van der Waals surface area contributed by atoms with Crippen molar-refractivity contribution in [3.05, 3.63) is 47.9 Å². The molecule has 5 nitrogen and oxygen atoms in total. The molecule has 0 bridgehead atoms. The second-order valence-corrected chi connectivity index (χ2v) is 3.75. The predicted octanol–water partition coefficient (Wildman–Crippen LogP) is 2.06. The Balaban J connectivity index is 2.23. The first-order chi connectivity index (χ1) is 9.10. The van der Waals surface area contributed by atoms with E-state index in [0.29, 0.717) is 5.75 Å². The lowest BCUT2D eigenvalue weighted by atomic mass is 10.2. The van der Waals surface area contributed by atoms with E-state index in [0.717, 1.165) is 0 Å². The van der Waals surface area contributed by atoms with Gasteiger partial charge in [-0.05, 0) is 24.3 Å². The fraction of sp³-hybridized carbons (Fsp3) is 0.0769. The Kier molecular flexibility index (Phi) is 3.61. The Morgan fingerprint density at radius 1 is 1.37 bits per heavy atom. The van der Waals surface area contributed by atoms with Crippen LogP contribution in [0.25, 0.3) is 0 Å². The number of anilines is 2. The molecule has 0 aliphatic rings. The molecule has 2 rings (SSSR count). The summed E-state index contributed by atoms with van der Waals surface area (Å²) in [5.74, 6) is -0.437. The lowest BCUT2D eigenvalue weighted by Crippen LogP contribution is -2.15. The maximum atomic E-state index is 13.5. The van der Waals surface area contributed by atoms with Crippen LogP contribution in [0.3, 0.4) is 0 Å². The minimum atomic E-state index is -0.557. The zero-order chi connectivity index (χ0) is 13.8. The van der Waals surface area contributed by atoms with Crippen molar-refractivity contribution in [2.24, 2.45) is 0 Å². The number of pyridine rings is 1. The molecule has 0 aliphatic carbocycles. The van der Waals surface area contributed by atoms with Gasteiger partial charge in [-0.1, -0.05) is 6.07 Å². The first kappa shape index (κ1) is 12.8. The third kappa shape index (κ3) is 2.98. The van der Waals surface area contributed by atoms with Crippen LogP contribution in [-0.4, -0.2) is 18.0 Å². The molecule has 3 N–H and O–H groups in total. The number of nitrogens with two attached hydrogens (primary N) is 1. The average Bonchev–Trinajstić information content (AvgIpc) is 2.41. The Morgan fingerprint density at radius 3 is 2.84 bits per heavy atom. The number of aromatic nitrogens is 1. The third-order valence-corrected chi connectivity index (χ3v) is 2.42. The van der Waals surface area contributed by atoms with Gasteiger partial charge in [0.1, 0.15) is 23.1 Å². The molecule has 98 valence electrons. The maximum Gasteiger partial charge on any atom is 0.274 e. The lowest BCUT2D eigenvalue weighted by Gasteiger charge is -2.08. The first-order valence-electron chi connectivity index (χ1n) is 5.47. The predicted molar refractivity (Wildman–Crippen MR) is 69.6 cm³/mol. The zero-order valence-corrected chi connectivity index (χ0v) is 10.2. The van der Waals surface area contributed by atoms with E-state index in [1.54, 1.807) is 12.1 Å². The second-order valence-electron chi connectivity index (χ2n) is 3.75. The fourth-order valence-corrected chi connectivity index (χ4v) is 1.49. The second kappa shape index (κ2) is 5.34. The number of halogens is 1. The van der Waals surface area contributed by atoms with Gasteiger partial charge in [-0.3, -0.25) is 4.79 Å². The van der Waals surface area contributed by atoms with E-state index in [2.05, 4.69) is 10.3 Å². The number of hydrogen-bond acceptors (Lipinski definition) is 4. The summed E-state index contributed by atoms with van der Waals surface area (Å²) in [6.45, 7) is 0. The van der Waals surface area contributed by atoms with Crippen molar-refractivity contribution in [1.29, 1.82) is 0 Å². The Bertz CT molecular complexity index is 617. The Morgan fingerprint density at radius 2 is 2.16 bits per heavy atom. The van der Waals surface area contributed by atoms with Crippen molar-refractivity contribution in [3.63, 3.8) is 0 Å². The number of carbonyl (C=O) groups excluding carboxylic acids is 1.